The molecular weight excluding hydrogens is 568 g/mol. The Labute approximate surface area is 238 Å². The number of hydrogen-bond donors (Lipinski definition) is 1. The van der Waals surface area contributed by atoms with Crippen LogP contribution in [0.4, 0.5) is 10.8 Å². The number of thiazole rings is 1. The van der Waals surface area contributed by atoms with E-state index in [0.29, 0.717) is 16.9 Å². The molecule has 1 N–H and O–H groups in total. The van der Waals surface area contributed by atoms with Gasteiger partial charge in [-0.3, -0.25) is 29.6 Å². The number of nitro groups is 1. The second-order valence-electron chi connectivity index (χ2n) is 9.45. The van der Waals surface area contributed by atoms with Crippen LogP contribution in [0.1, 0.15) is 42.5 Å². The average molecular weight is 591 g/mol. The second kappa shape index (κ2) is 10.7. The number of carbonyl (C=O) groups excluding carboxylic acids is 2. The molecule has 41 heavy (non-hydrogen) atoms. The molecule has 2 aromatic heterocycles. The number of benzene rings is 2. The largest absolute Gasteiger partial charge is 0.507 e. The summed E-state index contributed by atoms with van der Waals surface area (Å²) in [6, 6.07) is 13.6. The molecule has 208 valence electrons. The minimum Gasteiger partial charge on any atom is -0.507 e. The summed E-state index contributed by atoms with van der Waals surface area (Å²) < 4.78 is 26.3. The number of nitrogens with zero attached hydrogens (tertiary/aromatic N) is 4. The van der Waals surface area contributed by atoms with Gasteiger partial charge in [-0.25, -0.2) is 13.4 Å². The van der Waals surface area contributed by atoms with Crippen LogP contribution >= 0.6 is 11.3 Å². The molecule has 0 aliphatic carbocycles. The first-order valence-electron chi connectivity index (χ1n) is 12.3. The number of amides is 1. The van der Waals surface area contributed by atoms with E-state index >= 15 is 0 Å². The van der Waals surface area contributed by atoms with Crippen LogP contribution in [0.2, 0.25) is 0 Å². The quantitative estimate of drug-likeness (QED) is 0.102. The molecule has 0 saturated carbocycles. The molecule has 1 amide bonds. The summed E-state index contributed by atoms with van der Waals surface area (Å²) in [6.45, 7) is 4.04. The zero-order valence-corrected chi connectivity index (χ0v) is 23.3. The van der Waals surface area contributed by atoms with E-state index in [9.17, 15) is 33.2 Å². The molecule has 1 saturated heterocycles. The number of hydrogen-bond acceptors (Lipinski definition) is 10. The highest BCUT2D eigenvalue weighted by Gasteiger charge is 2.48. The van der Waals surface area contributed by atoms with Gasteiger partial charge in [0.15, 0.2) is 5.13 Å². The van der Waals surface area contributed by atoms with Crippen LogP contribution in [-0.2, 0) is 19.4 Å². The maximum absolute atomic E-state index is 13.4. The van der Waals surface area contributed by atoms with Gasteiger partial charge in [0.25, 0.3) is 11.5 Å². The Balaban J connectivity index is 1.62. The summed E-state index contributed by atoms with van der Waals surface area (Å²) in [5.41, 5.74) is 1.30. The monoisotopic (exact) mass is 590 g/mol. The summed E-state index contributed by atoms with van der Waals surface area (Å²) in [6.07, 6.45) is 3.93. The van der Waals surface area contributed by atoms with Crippen molar-refractivity contribution < 1.29 is 28.0 Å². The summed E-state index contributed by atoms with van der Waals surface area (Å²) in [7, 11) is -4.15. The normalized spacial score (nSPS) is 16.9. The number of rotatable bonds is 7. The van der Waals surface area contributed by atoms with Crippen LogP contribution in [0.15, 0.2) is 93.9 Å². The lowest BCUT2D eigenvalue weighted by atomic mass is 9.93. The lowest BCUT2D eigenvalue weighted by Gasteiger charge is -2.23. The first-order chi connectivity index (χ1) is 19.5. The second-order valence-corrected chi connectivity index (χ2v) is 12.6. The number of nitro benzene ring substituents is 1. The highest BCUT2D eigenvalue weighted by atomic mass is 32.2. The number of pyridine rings is 1. The summed E-state index contributed by atoms with van der Waals surface area (Å²) >= 11 is 0.668. The Bertz CT molecular complexity index is 1800. The van der Waals surface area contributed by atoms with Crippen molar-refractivity contribution in [3.63, 3.8) is 0 Å². The van der Waals surface area contributed by atoms with E-state index in [4.69, 9.17) is 0 Å². The molecule has 0 radical (unpaired) electrons. The molecule has 3 heterocycles. The third-order valence-electron chi connectivity index (χ3n) is 6.60. The van der Waals surface area contributed by atoms with E-state index in [2.05, 4.69) is 9.97 Å². The zero-order chi connectivity index (χ0) is 29.5. The fourth-order valence-corrected chi connectivity index (χ4v) is 6.96. The van der Waals surface area contributed by atoms with Gasteiger partial charge in [-0.05, 0) is 41.3 Å². The zero-order valence-electron chi connectivity index (χ0n) is 21.7. The van der Waals surface area contributed by atoms with Crippen molar-refractivity contribution in [2.24, 2.45) is 0 Å². The van der Waals surface area contributed by atoms with Crippen LogP contribution < -0.4 is 4.90 Å². The summed E-state index contributed by atoms with van der Waals surface area (Å²) in [5, 5.41) is 22.1. The third kappa shape index (κ3) is 5.00. The molecule has 5 rings (SSSR count). The highest BCUT2D eigenvalue weighted by Crippen LogP contribution is 2.44. The molecule has 2 aromatic carbocycles. The van der Waals surface area contributed by atoms with Crippen molar-refractivity contribution >= 4 is 49.4 Å². The van der Waals surface area contributed by atoms with Gasteiger partial charge < -0.3 is 5.11 Å². The van der Waals surface area contributed by atoms with Gasteiger partial charge in [-0.1, -0.05) is 49.4 Å². The molecule has 1 unspecified atom stereocenters. The fourth-order valence-electron chi connectivity index (χ4n) is 4.42. The van der Waals surface area contributed by atoms with Crippen molar-refractivity contribution in [2.75, 3.05) is 4.90 Å². The fraction of sp³-hybridized carbons (Fsp3) is 0.143. The maximum atomic E-state index is 13.4. The van der Waals surface area contributed by atoms with E-state index in [0.717, 1.165) is 40.9 Å². The predicted octanol–water partition coefficient (Wildman–Crippen LogP) is 5.03. The molecule has 1 atom stereocenters. The van der Waals surface area contributed by atoms with Gasteiger partial charge >= 0.3 is 5.91 Å². The summed E-state index contributed by atoms with van der Waals surface area (Å²) in [4.78, 5) is 46.1. The first-order valence-corrected chi connectivity index (χ1v) is 14.6. The number of non-ortho nitro benzene ring substituents is 1. The third-order valence-corrected chi connectivity index (χ3v) is 9.83. The van der Waals surface area contributed by atoms with Gasteiger partial charge in [0.2, 0.25) is 9.84 Å². The molecule has 1 aliphatic heterocycles. The van der Waals surface area contributed by atoms with Gasteiger partial charge in [0.05, 0.1) is 27.6 Å². The number of Topliss-reactive ketones (excluding diaryl/α,β-unsaturated/α-hetero) is 1. The molecule has 1 fully saturated rings. The van der Waals surface area contributed by atoms with E-state index in [1.54, 1.807) is 24.3 Å². The van der Waals surface area contributed by atoms with Gasteiger partial charge in [-0.15, -0.1) is 0 Å². The SMILES string of the molecule is CC(C)c1ccc(C2/C(=C(\O)c3cccnc3)C(=O)C(=O)N2c2ncc(S(=O)(=O)c3ccc([N+](=O)[O-])cc3)s2)cc1. The number of aliphatic hydroxyl groups is 1. The van der Waals surface area contributed by atoms with Crippen molar-refractivity contribution in [3.8, 4) is 0 Å². The predicted molar refractivity (Wildman–Crippen MR) is 150 cm³/mol. The Hall–Kier alpha value is -4.75. The molecule has 4 aromatic rings. The standard InChI is InChI=1S/C28H22N4O7S2/c1-16(2)17-5-7-18(8-6-17)24-23(25(33)19-4-3-13-29-14-19)26(34)27(35)31(24)28-30-15-22(40-28)41(38,39)21-11-9-20(10-12-21)32(36)37/h3-16,24,33H,1-2H3/b25-23+. The molecule has 0 spiro atoms. The molecule has 1 aliphatic rings. The number of carbonyl (C=O) groups is 2. The minimum atomic E-state index is -4.15. The smallest absolute Gasteiger partial charge is 0.301 e. The van der Waals surface area contributed by atoms with Gasteiger partial charge in [0, 0.05) is 30.1 Å². The van der Waals surface area contributed by atoms with Crippen molar-refractivity contribution in [3.05, 3.63) is 112 Å². The van der Waals surface area contributed by atoms with Gasteiger partial charge in [0.1, 0.15) is 9.97 Å². The Kier molecular flexibility index (Phi) is 7.24. The average Bonchev–Trinajstić information content (AvgIpc) is 3.56. The van der Waals surface area contributed by atoms with Crippen LogP contribution in [0, 0.1) is 10.1 Å². The van der Waals surface area contributed by atoms with Crippen LogP contribution in [0.3, 0.4) is 0 Å². The molecule has 11 nitrogen and oxygen atoms in total. The lowest BCUT2D eigenvalue weighted by molar-refractivity contribution is -0.384. The number of sulfone groups is 1. The number of aliphatic hydroxyl groups excluding tert-OH is 1. The van der Waals surface area contributed by atoms with E-state index in [1.165, 1.54) is 12.4 Å². The van der Waals surface area contributed by atoms with Crippen LogP contribution in [0.25, 0.3) is 5.76 Å². The first kappa shape index (κ1) is 27.8. The van der Waals surface area contributed by atoms with Crippen LogP contribution in [-0.4, -0.2) is 40.1 Å². The topological polar surface area (TPSA) is 161 Å². The van der Waals surface area contributed by atoms with E-state index in [1.807, 2.05) is 26.0 Å². The van der Waals surface area contributed by atoms with Crippen molar-refractivity contribution in [1.29, 1.82) is 0 Å². The summed E-state index contributed by atoms with van der Waals surface area (Å²) in [5.74, 6) is -2.15. The Morgan fingerprint density at radius 2 is 1.73 bits per heavy atom. The lowest BCUT2D eigenvalue weighted by Crippen LogP contribution is -2.29. The number of anilines is 1. The van der Waals surface area contributed by atoms with Crippen molar-refractivity contribution in [1.82, 2.24) is 9.97 Å². The van der Waals surface area contributed by atoms with E-state index < -0.39 is 38.3 Å². The van der Waals surface area contributed by atoms with Gasteiger partial charge in [-0.2, -0.15) is 0 Å². The molecular formula is C28H22N4O7S2. The Morgan fingerprint density at radius 3 is 2.32 bits per heavy atom. The number of ketones is 1. The molecule has 13 heteroatoms. The van der Waals surface area contributed by atoms with E-state index in [-0.39, 0.29) is 37.0 Å². The highest BCUT2D eigenvalue weighted by molar-refractivity contribution is 7.93. The molecule has 0 bridgehead atoms. The number of aromatic nitrogens is 2. The maximum Gasteiger partial charge on any atom is 0.301 e. The Morgan fingerprint density at radius 1 is 1.05 bits per heavy atom. The van der Waals surface area contributed by atoms with Crippen LogP contribution in [0.5, 0.6) is 0 Å². The minimum absolute atomic E-state index is 0.0734. The van der Waals surface area contributed by atoms with Crippen molar-refractivity contribution in [2.45, 2.75) is 34.9 Å².